The van der Waals surface area contributed by atoms with Crippen LogP contribution < -0.4 is 14.8 Å². The summed E-state index contributed by atoms with van der Waals surface area (Å²) in [6.45, 7) is 2.05. The summed E-state index contributed by atoms with van der Waals surface area (Å²) in [5.74, 6) is 1.57. The van der Waals surface area contributed by atoms with Crippen LogP contribution in [0.3, 0.4) is 0 Å². The fourth-order valence-electron chi connectivity index (χ4n) is 1.68. The van der Waals surface area contributed by atoms with Crippen molar-refractivity contribution >= 4 is 16.5 Å². The van der Waals surface area contributed by atoms with Gasteiger partial charge in [0, 0.05) is 11.6 Å². The molecule has 2 rings (SSSR count). The van der Waals surface area contributed by atoms with E-state index in [2.05, 4.69) is 15.5 Å². The molecule has 18 heavy (non-hydrogen) atoms. The van der Waals surface area contributed by atoms with Crippen molar-refractivity contribution in [1.82, 2.24) is 10.2 Å². The highest BCUT2D eigenvalue weighted by molar-refractivity contribution is 7.13. The highest BCUT2D eigenvalue weighted by atomic mass is 32.1. The van der Waals surface area contributed by atoms with Gasteiger partial charge in [0.25, 0.3) is 0 Å². The topological polar surface area (TPSA) is 56.3 Å². The van der Waals surface area contributed by atoms with Crippen LogP contribution in [0.4, 0.5) is 5.13 Å². The number of hydrogen-bond donors (Lipinski definition) is 1. The van der Waals surface area contributed by atoms with E-state index in [1.54, 1.807) is 19.7 Å². The third-order valence-electron chi connectivity index (χ3n) is 2.61. The first-order chi connectivity index (χ1) is 8.74. The molecule has 1 aromatic carbocycles. The second kappa shape index (κ2) is 5.68. The SMILES string of the molecule is COc1ccc(C(C)Nc2nncs2)c(OC)c1. The predicted molar refractivity (Wildman–Crippen MR) is 71.5 cm³/mol. The molecule has 1 aromatic heterocycles. The van der Waals surface area contributed by atoms with Crippen LogP contribution in [0.1, 0.15) is 18.5 Å². The van der Waals surface area contributed by atoms with Crippen molar-refractivity contribution < 1.29 is 9.47 Å². The Morgan fingerprint density at radius 2 is 2.11 bits per heavy atom. The Balaban J connectivity index is 2.21. The summed E-state index contributed by atoms with van der Waals surface area (Å²) in [5.41, 5.74) is 2.74. The molecular weight excluding hydrogens is 250 g/mol. The average molecular weight is 265 g/mol. The molecule has 1 unspecified atom stereocenters. The summed E-state index contributed by atoms with van der Waals surface area (Å²) in [4.78, 5) is 0. The molecule has 0 saturated heterocycles. The van der Waals surface area contributed by atoms with Gasteiger partial charge < -0.3 is 14.8 Å². The van der Waals surface area contributed by atoms with Crippen molar-refractivity contribution in [2.45, 2.75) is 13.0 Å². The number of ether oxygens (including phenoxy) is 2. The van der Waals surface area contributed by atoms with Crippen molar-refractivity contribution in [2.24, 2.45) is 0 Å². The first-order valence-corrected chi connectivity index (χ1v) is 6.37. The molecule has 0 amide bonds. The van der Waals surface area contributed by atoms with Gasteiger partial charge in [-0.3, -0.25) is 0 Å². The summed E-state index contributed by atoms with van der Waals surface area (Å²) in [6, 6.07) is 5.85. The minimum absolute atomic E-state index is 0.0822. The van der Waals surface area contributed by atoms with Crippen molar-refractivity contribution in [1.29, 1.82) is 0 Å². The molecule has 1 atom stereocenters. The quantitative estimate of drug-likeness (QED) is 0.900. The summed E-state index contributed by atoms with van der Waals surface area (Å²) in [7, 11) is 3.29. The van der Waals surface area contributed by atoms with Gasteiger partial charge in [-0.1, -0.05) is 11.3 Å². The highest BCUT2D eigenvalue weighted by Gasteiger charge is 2.13. The Kier molecular flexibility index (Phi) is 3.99. The summed E-state index contributed by atoms with van der Waals surface area (Å²) >= 11 is 1.47. The Hall–Kier alpha value is -1.82. The molecule has 6 heteroatoms. The summed E-state index contributed by atoms with van der Waals surface area (Å²) in [6.07, 6.45) is 0. The first kappa shape index (κ1) is 12.6. The number of rotatable bonds is 5. The van der Waals surface area contributed by atoms with Crippen LogP contribution in [0.5, 0.6) is 11.5 Å². The zero-order valence-corrected chi connectivity index (χ0v) is 11.3. The van der Waals surface area contributed by atoms with E-state index in [0.29, 0.717) is 0 Å². The van der Waals surface area contributed by atoms with E-state index < -0.39 is 0 Å². The van der Waals surface area contributed by atoms with Gasteiger partial charge in [-0.2, -0.15) is 0 Å². The lowest BCUT2D eigenvalue weighted by atomic mass is 10.1. The van der Waals surface area contributed by atoms with E-state index >= 15 is 0 Å². The molecule has 0 aliphatic carbocycles. The van der Waals surface area contributed by atoms with Gasteiger partial charge in [0.05, 0.1) is 20.3 Å². The minimum atomic E-state index is 0.0822. The molecule has 5 nitrogen and oxygen atoms in total. The monoisotopic (exact) mass is 265 g/mol. The van der Waals surface area contributed by atoms with Gasteiger partial charge in [-0.25, -0.2) is 0 Å². The van der Waals surface area contributed by atoms with Gasteiger partial charge in [0.1, 0.15) is 17.0 Å². The second-order valence-electron chi connectivity index (χ2n) is 3.72. The van der Waals surface area contributed by atoms with Crippen LogP contribution in [0.2, 0.25) is 0 Å². The Bertz CT molecular complexity index is 502. The number of aromatic nitrogens is 2. The summed E-state index contributed by atoms with van der Waals surface area (Å²) in [5, 5.41) is 11.8. The third-order valence-corrected chi connectivity index (χ3v) is 3.23. The van der Waals surface area contributed by atoms with Crippen molar-refractivity contribution in [3.63, 3.8) is 0 Å². The Morgan fingerprint density at radius 3 is 2.72 bits per heavy atom. The lowest BCUT2D eigenvalue weighted by molar-refractivity contribution is 0.390. The van der Waals surface area contributed by atoms with Crippen molar-refractivity contribution in [3.05, 3.63) is 29.3 Å². The minimum Gasteiger partial charge on any atom is -0.497 e. The fraction of sp³-hybridized carbons (Fsp3) is 0.333. The van der Waals surface area contributed by atoms with Gasteiger partial charge in [0.15, 0.2) is 0 Å². The lowest BCUT2D eigenvalue weighted by Crippen LogP contribution is -2.08. The Morgan fingerprint density at radius 1 is 1.28 bits per heavy atom. The zero-order valence-electron chi connectivity index (χ0n) is 10.5. The number of hydrogen-bond acceptors (Lipinski definition) is 6. The van der Waals surface area contributed by atoms with E-state index in [-0.39, 0.29) is 6.04 Å². The normalized spacial score (nSPS) is 11.9. The van der Waals surface area contributed by atoms with Crippen LogP contribution in [0.15, 0.2) is 23.7 Å². The molecule has 1 N–H and O–H groups in total. The zero-order chi connectivity index (χ0) is 13.0. The predicted octanol–water partition coefficient (Wildman–Crippen LogP) is 2.73. The maximum atomic E-state index is 5.38. The maximum absolute atomic E-state index is 5.38. The third kappa shape index (κ3) is 2.70. The molecule has 2 aromatic rings. The first-order valence-electron chi connectivity index (χ1n) is 5.49. The van der Waals surface area contributed by atoms with E-state index in [1.807, 2.05) is 25.1 Å². The highest BCUT2D eigenvalue weighted by Crippen LogP contribution is 2.31. The van der Waals surface area contributed by atoms with Gasteiger partial charge in [0.2, 0.25) is 5.13 Å². The molecule has 1 heterocycles. The van der Waals surface area contributed by atoms with E-state index in [9.17, 15) is 0 Å². The van der Waals surface area contributed by atoms with Crippen LogP contribution >= 0.6 is 11.3 Å². The number of methoxy groups -OCH3 is 2. The van der Waals surface area contributed by atoms with Gasteiger partial charge in [-0.15, -0.1) is 10.2 Å². The Labute approximate surface area is 110 Å². The average Bonchev–Trinajstić information content (AvgIpc) is 2.90. The van der Waals surface area contributed by atoms with E-state index in [4.69, 9.17) is 9.47 Å². The molecule has 0 aliphatic heterocycles. The van der Waals surface area contributed by atoms with E-state index in [1.165, 1.54) is 11.3 Å². The van der Waals surface area contributed by atoms with Crippen molar-refractivity contribution in [3.8, 4) is 11.5 Å². The second-order valence-corrected chi connectivity index (χ2v) is 4.55. The number of nitrogens with zero attached hydrogens (tertiary/aromatic N) is 2. The van der Waals surface area contributed by atoms with Crippen LogP contribution in [0, 0.1) is 0 Å². The molecule has 0 radical (unpaired) electrons. The molecule has 0 fully saturated rings. The maximum Gasteiger partial charge on any atom is 0.205 e. The summed E-state index contributed by atoms with van der Waals surface area (Å²) < 4.78 is 10.6. The molecule has 0 aliphatic rings. The van der Waals surface area contributed by atoms with Crippen LogP contribution in [-0.4, -0.2) is 24.4 Å². The fourth-order valence-corrected chi connectivity index (χ4v) is 2.21. The molecule has 0 saturated carbocycles. The van der Waals surface area contributed by atoms with Crippen LogP contribution in [-0.2, 0) is 0 Å². The molecule has 0 bridgehead atoms. The number of anilines is 1. The van der Waals surface area contributed by atoms with Gasteiger partial charge in [-0.05, 0) is 19.1 Å². The standard InChI is InChI=1S/C12H15N3O2S/c1-8(14-12-15-13-7-18-12)10-5-4-9(16-2)6-11(10)17-3/h4-8H,1-3H3,(H,14,15). The van der Waals surface area contributed by atoms with Crippen LogP contribution in [0.25, 0.3) is 0 Å². The smallest absolute Gasteiger partial charge is 0.205 e. The number of nitrogens with one attached hydrogen (secondary N) is 1. The lowest BCUT2D eigenvalue weighted by Gasteiger charge is -2.17. The molecule has 96 valence electrons. The van der Waals surface area contributed by atoms with E-state index in [0.717, 1.165) is 22.2 Å². The molecular formula is C12H15N3O2S. The number of benzene rings is 1. The van der Waals surface area contributed by atoms with Gasteiger partial charge >= 0.3 is 0 Å². The molecule has 0 spiro atoms. The van der Waals surface area contributed by atoms with Crippen molar-refractivity contribution in [2.75, 3.05) is 19.5 Å². The largest absolute Gasteiger partial charge is 0.497 e.